The number of aromatic amines is 1. The van der Waals surface area contributed by atoms with E-state index in [1.807, 2.05) is 24.3 Å². The van der Waals surface area contributed by atoms with E-state index in [-0.39, 0.29) is 0 Å². The molecule has 16 heavy (non-hydrogen) atoms. The molecule has 0 amide bonds. The number of rotatable bonds is 1. The SMILES string of the molecule is Fc1ccc(-c2n[nH]c3ccccc23)cn1. The lowest BCUT2D eigenvalue weighted by Gasteiger charge is -1.96. The second kappa shape index (κ2) is 3.41. The molecule has 4 heteroatoms. The predicted octanol–water partition coefficient (Wildman–Crippen LogP) is 2.76. The van der Waals surface area contributed by atoms with Crippen molar-refractivity contribution in [2.45, 2.75) is 0 Å². The highest BCUT2D eigenvalue weighted by Crippen LogP contribution is 2.25. The molecule has 0 radical (unpaired) electrons. The Balaban J connectivity index is 2.22. The van der Waals surface area contributed by atoms with Crippen molar-refractivity contribution in [2.75, 3.05) is 0 Å². The summed E-state index contributed by atoms with van der Waals surface area (Å²) in [4.78, 5) is 3.62. The first-order valence-corrected chi connectivity index (χ1v) is 4.89. The van der Waals surface area contributed by atoms with Crippen LogP contribution in [0.5, 0.6) is 0 Å². The van der Waals surface area contributed by atoms with E-state index in [4.69, 9.17) is 0 Å². The van der Waals surface area contributed by atoms with Crippen molar-refractivity contribution in [1.82, 2.24) is 15.2 Å². The standard InChI is InChI=1S/C12H8FN3/c13-11-6-5-8(7-14-11)12-9-3-1-2-4-10(9)15-16-12/h1-7H,(H,15,16). The summed E-state index contributed by atoms with van der Waals surface area (Å²) < 4.78 is 12.7. The van der Waals surface area contributed by atoms with Gasteiger partial charge in [0.25, 0.3) is 0 Å². The highest BCUT2D eigenvalue weighted by Gasteiger charge is 2.07. The van der Waals surface area contributed by atoms with E-state index in [2.05, 4.69) is 15.2 Å². The third-order valence-electron chi connectivity index (χ3n) is 2.47. The molecule has 0 saturated heterocycles. The second-order valence-corrected chi connectivity index (χ2v) is 3.49. The van der Waals surface area contributed by atoms with Crippen LogP contribution in [0.4, 0.5) is 4.39 Å². The van der Waals surface area contributed by atoms with Crippen LogP contribution in [0.1, 0.15) is 0 Å². The number of para-hydroxylation sites is 1. The monoisotopic (exact) mass is 213 g/mol. The Morgan fingerprint density at radius 2 is 1.94 bits per heavy atom. The van der Waals surface area contributed by atoms with Gasteiger partial charge in [0, 0.05) is 17.1 Å². The lowest BCUT2D eigenvalue weighted by atomic mass is 10.1. The molecule has 2 aromatic heterocycles. The fourth-order valence-electron chi connectivity index (χ4n) is 1.70. The van der Waals surface area contributed by atoms with Crippen molar-refractivity contribution in [3.8, 4) is 11.3 Å². The molecule has 0 unspecified atom stereocenters. The third kappa shape index (κ3) is 1.35. The molecule has 0 saturated carbocycles. The fraction of sp³-hybridized carbons (Fsp3) is 0. The minimum atomic E-state index is -0.483. The maximum Gasteiger partial charge on any atom is 0.212 e. The van der Waals surface area contributed by atoms with Crippen LogP contribution in [0.3, 0.4) is 0 Å². The Labute approximate surface area is 91.0 Å². The van der Waals surface area contributed by atoms with Gasteiger partial charge in [0.15, 0.2) is 0 Å². The van der Waals surface area contributed by atoms with Gasteiger partial charge in [-0.3, -0.25) is 5.10 Å². The highest BCUT2D eigenvalue weighted by atomic mass is 19.1. The van der Waals surface area contributed by atoms with Gasteiger partial charge >= 0.3 is 0 Å². The van der Waals surface area contributed by atoms with E-state index >= 15 is 0 Å². The van der Waals surface area contributed by atoms with Crippen LogP contribution >= 0.6 is 0 Å². The first kappa shape index (κ1) is 9.03. The Morgan fingerprint density at radius 1 is 1.06 bits per heavy atom. The number of benzene rings is 1. The number of nitrogens with zero attached hydrogens (tertiary/aromatic N) is 2. The summed E-state index contributed by atoms with van der Waals surface area (Å²) >= 11 is 0. The van der Waals surface area contributed by atoms with Crippen LogP contribution in [-0.4, -0.2) is 15.2 Å². The Kier molecular flexibility index (Phi) is 1.93. The van der Waals surface area contributed by atoms with E-state index in [1.54, 1.807) is 6.07 Å². The van der Waals surface area contributed by atoms with E-state index < -0.39 is 5.95 Å². The molecular weight excluding hydrogens is 205 g/mol. The Morgan fingerprint density at radius 3 is 2.75 bits per heavy atom. The van der Waals surface area contributed by atoms with Crippen molar-refractivity contribution < 1.29 is 4.39 Å². The van der Waals surface area contributed by atoms with Crippen LogP contribution in [0.15, 0.2) is 42.6 Å². The Hall–Kier alpha value is -2.23. The average molecular weight is 213 g/mol. The molecule has 3 nitrogen and oxygen atoms in total. The number of H-pyrrole nitrogens is 1. The molecule has 0 atom stereocenters. The number of hydrogen-bond donors (Lipinski definition) is 1. The number of hydrogen-bond acceptors (Lipinski definition) is 2. The van der Waals surface area contributed by atoms with Crippen LogP contribution in [-0.2, 0) is 0 Å². The highest BCUT2D eigenvalue weighted by molar-refractivity contribution is 5.92. The number of fused-ring (bicyclic) bond motifs is 1. The van der Waals surface area contributed by atoms with Crippen LogP contribution in [0, 0.1) is 5.95 Å². The topological polar surface area (TPSA) is 41.6 Å². The molecule has 0 fully saturated rings. The molecule has 0 aliphatic heterocycles. The summed E-state index contributed by atoms with van der Waals surface area (Å²) in [7, 11) is 0. The summed E-state index contributed by atoms with van der Waals surface area (Å²) in [5.74, 6) is -0.483. The zero-order valence-electron chi connectivity index (χ0n) is 8.31. The van der Waals surface area contributed by atoms with E-state index in [1.165, 1.54) is 12.3 Å². The molecule has 78 valence electrons. The molecule has 2 heterocycles. The van der Waals surface area contributed by atoms with Crippen molar-refractivity contribution in [2.24, 2.45) is 0 Å². The van der Waals surface area contributed by atoms with Gasteiger partial charge in [-0.1, -0.05) is 18.2 Å². The third-order valence-corrected chi connectivity index (χ3v) is 2.47. The van der Waals surface area contributed by atoms with Gasteiger partial charge in [-0.25, -0.2) is 4.98 Å². The zero-order valence-corrected chi connectivity index (χ0v) is 8.31. The van der Waals surface area contributed by atoms with Gasteiger partial charge in [-0.15, -0.1) is 0 Å². The average Bonchev–Trinajstić information content (AvgIpc) is 2.74. The summed E-state index contributed by atoms with van der Waals surface area (Å²) in [5, 5.41) is 8.15. The molecule has 3 aromatic rings. The minimum Gasteiger partial charge on any atom is -0.277 e. The lowest BCUT2D eigenvalue weighted by molar-refractivity contribution is 0.584. The van der Waals surface area contributed by atoms with Gasteiger partial charge in [0.05, 0.1) is 5.52 Å². The number of pyridine rings is 1. The summed E-state index contributed by atoms with van der Waals surface area (Å²) in [6.07, 6.45) is 1.48. The quantitative estimate of drug-likeness (QED) is 0.631. The molecule has 0 aliphatic carbocycles. The molecule has 1 aromatic carbocycles. The van der Waals surface area contributed by atoms with Gasteiger partial charge in [-0.05, 0) is 18.2 Å². The number of nitrogens with one attached hydrogen (secondary N) is 1. The van der Waals surface area contributed by atoms with Crippen molar-refractivity contribution in [3.05, 3.63) is 48.5 Å². The molecule has 0 spiro atoms. The van der Waals surface area contributed by atoms with Gasteiger partial charge in [-0.2, -0.15) is 9.49 Å². The van der Waals surface area contributed by atoms with Crippen molar-refractivity contribution in [1.29, 1.82) is 0 Å². The lowest BCUT2D eigenvalue weighted by Crippen LogP contribution is -1.84. The first-order valence-electron chi connectivity index (χ1n) is 4.89. The van der Waals surface area contributed by atoms with E-state index in [0.717, 1.165) is 22.2 Å². The minimum absolute atomic E-state index is 0.483. The smallest absolute Gasteiger partial charge is 0.212 e. The second-order valence-electron chi connectivity index (χ2n) is 3.49. The van der Waals surface area contributed by atoms with Gasteiger partial charge in [0.2, 0.25) is 5.95 Å². The molecule has 1 N–H and O–H groups in total. The van der Waals surface area contributed by atoms with Crippen LogP contribution in [0.25, 0.3) is 22.2 Å². The zero-order chi connectivity index (χ0) is 11.0. The summed E-state index contributed by atoms with van der Waals surface area (Å²) in [5.41, 5.74) is 2.56. The van der Waals surface area contributed by atoms with Crippen molar-refractivity contribution in [3.63, 3.8) is 0 Å². The normalized spacial score (nSPS) is 10.8. The van der Waals surface area contributed by atoms with Gasteiger partial charge in [0.1, 0.15) is 5.69 Å². The molecule has 3 rings (SSSR count). The fourth-order valence-corrected chi connectivity index (χ4v) is 1.70. The van der Waals surface area contributed by atoms with Gasteiger partial charge < -0.3 is 0 Å². The number of halogens is 1. The predicted molar refractivity (Wildman–Crippen MR) is 59.3 cm³/mol. The van der Waals surface area contributed by atoms with Crippen molar-refractivity contribution >= 4 is 10.9 Å². The summed E-state index contributed by atoms with van der Waals surface area (Å²) in [6.45, 7) is 0. The van der Waals surface area contributed by atoms with E-state index in [9.17, 15) is 4.39 Å². The maximum atomic E-state index is 12.7. The molecule has 0 bridgehead atoms. The maximum absolute atomic E-state index is 12.7. The summed E-state index contributed by atoms with van der Waals surface area (Å²) in [6, 6.07) is 10.8. The number of aromatic nitrogens is 3. The van der Waals surface area contributed by atoms with Crippen LogP contribution < -0.4 is 0 Å². The first-order chi connectivity index (χ1) is 7.84. The van der Waals surface area contributed by atoms with Crippen LogP contribution in [0.2, 0.25) is 0 Å². The Bertz CT molecular complexity index is 628. The molecule has 0 aliphatic rings. The largest absolute Gasteiger partial charge is 0.277 e. The van der Waals surface area contributed by atoms with E-state index in [0.29, 0.717) is 0 Å². The molecular formula is C12H8FN3.